The third-order valence-electron chi connectivity index (χ3n) is 0.843. The van der Waals surface area contributed by atoms with Crippen LogP contribution >= 0.6 is 0 Å². The maximum atomic E-state index is 3.72. The van der Waals surface area contributed by atoms with Gasteiger partial charge < -0.3 is 24.8 Å². The predicted molar refractivity (Wildman–Crippen MR) is 37.5 cm³/mol. The fourth-order valence-electron chi connectivity index (χ4n) is 0.478. The van der Waals surface area contributed by atoms with Crippen molar-refractivity contribution in [3.8, 4) is 0 Å². The van der Waals surface area contributed by atoms with Gasteiger partial charge in [0.1, 0.15) is 0 Å². The summed E-state index contributed by atoms with van der Waals surface area (Å²) < 4.78 is 0. The van der Waals surface area contributed by atoms with Crippen molar-refractivity contribution in [1.82, 2.24) is 0 Å². The topological polar surface area (TPSA) is 0 Å². The van der Waals surface area contributed by atoms with Gasteiger partial charge in [-0.3, -0.25) is 0 Å². The standard InChI is InChI=1S/C7H7.2ClH.In/c1-7-5-3-2-4-6-7;;;/h2-6H,1H2;2*1H;/p-2. The Labute approximate surface area is 93.1 Å². The van der Waals surface area contributed by atoms with E-state index in [2.05, 4.69) is 6.58 Å². The van der Waals surface area contributed by atoms with Crippen molar-refractivity contribution in [2.24, 2.45) is 0 Å². The Kier molecular flexibility index (Phi) is 16.4. The van der Waals surface area contributed by atoms with Gasteiger partial charge >= 0.3 is 0 Å². The minimum atomic E-state index is 0. The zero-order valence-electron chi connectivity index (χ0n) is 5.43. The SMILES string of the molecule is C=C1[CH]C=CC=C1.[Cl-].[Cl-].[In]. The molecule has 0 saturated heterocycles. The molecular weight excluding hydrogens is 270 g/mol. The van der Waals surface area contributed by atoms with Crippen LogP contribution in [0.1, 0.15) is 0 Å². The van der Waals surface area contributed by atoms with Crippen LogP contribution in [0, 0.1) is 6.42 Å². The molecule has 1 rings (SSSR count). The fourth-order valence-corrected chi connectivity index (χ4v) is 0.478. The van der Waals surface area contributed by atoms with E-state index in [0.717, 1.165) is 5.57 Å². The number of allylic oxidation sites excluding steroid dienone is 5. The summed E-state index contributed by atoms with van der Waals surface area (Å²) in [6.45, 7) is 3.72. The average Bonchev–Trinajstić information content (AvgIpc) is 1.69. The minimum absolute atomic E-state index is 0. The number of halogens is 2. The molecule has 0 aliphatic heterocycles. The fraction of sp³-hybridized carbons (Fsp3) is 0. The molecule has 0 aromatic heterocycles. The van der Waals surface area contributed by atoms with E-state index in [1.165, 1.54) is 0 Å². The largest absolute Gasteiger partial charge is 1.00 e. The Morgan fingerprint density at radius 2 is 1.60 bits per heavy atom. The van der Waals surface area contributed by atoms with E-state index >= 15 is 0 Å². The normalized spacial score (nSPS) is 12.6. The van der Waals surface area contributed by atoms with Gasteiger partial charge in [0, 0.05) is 32.3 Å². The Bertz CT molecular complexity index is 139. The maximum Gasteiger partial charge on any atom is 0.0119 e. The molecule has 1 aliphatic rings. The van der Waals surface area contributed by atoms with Crippen molar-refractivity contribution < 1.29 is 24.8 Å². The molecule has 0 fully saturated rings. The molecule has 0 unspecified atom stereocenters. The number of hydrogen-bond donors (Lipinski definition) is 0. The summed E-state index contributed by atoms with van der Waals surface area (Å²) >= 11 is 0. The molecule has 0 heterocycles. The van der Waals surface area contributed by atoms with Crippen LogP contribution in [0.4, 0.5) is 0 Å². The molecule has 10 heavy (non-hydrogen) atoms. The zero-order valence-corrected chi connectivity index (χ0v) is 10.2. The van der Waals surface area contributed by atoms with Crippen LogP contribution in [-0.2, 0) is 0 Å². The van der Waals surface area contributed by atoms with E-state index in [-0.39, 0.29) is 50.7 Å². The molecule has 0 aromatic rings. The van der Waals surface area contributed by atoms with Crippen molar-refractivity contribution in [3.05, 3.63) is 42.9 Å². The van der Waals surface area contributed by atoms with E-state index in [9.17, 15) is 0 Å². The van der Waals surface area contributed by atoms with Crippen LogP contribution < -0.4 is 24.8 Å². The van der Waals surface area contributed by atoms with Gasteiger partial charge in [-0.25, -0.2) is 0 Å². The first kappa shape index (κ1) is 17.0. The third kappa shape index (κ3) is 6.79. The van der Waals surface area contributed by atoms with Crippen LogP contribution in [0.5, 0.6) is 0 Å². The molecule has 0 nitrogen and oxygen atoms in total. The first-order valence-corrected chi connectivity index (χ1v) is 2.26. The molecule has 54 valence electrons. The quantitative estimate of drug-likeness (QED) is 0.419. The van der Waals surface area contributed by atoms with Crippen LogP contribution in [0.15, 0.2) is 36.5 Å². The summed E-state index contributed by atoms with van der Waals surface area (Å²) in [6, 6.07) is 0. The maximum absolute atomic E-state index is 3.72. The van der Waals surface area contributed by atoms with Gasteiger partial charge in [0.15, 0.2) is 0 Å². The summed E-state index contributed by atoms with van der Waals surface area (Å²) in [4.78, 5) is 0. The molecule has 0 bridgehead atoms. The number of hydrogen-bond acceptors (Lipinski definition) is 0. The Morgan fingerprint density at radius 1 is 1.00 bits per heavy atom. The molecule has 0 N–H and O–H groups in total. The summed E-state index contributed by atoms with van der Waals surface area (Å²) in [7, 11) is 0. The smallest absolute Gasteiger partial charge is 0.0119 e. The summed E-state index contributed by atoms with van der Waals surface area (Å²) in [5.41, 5.74) is 1.07. The van der Waals surface area contributed by atoms with Gasteiger partial charge in [-0.2, -0.15) is 0 Å². The van der Waals surface area contributed by atoms with Gasteiger partial charge in [-0.15, -0.1) is 0 Å². The molecule has 4 radical (unpaired) electrons. The van der Waals surface area contributed by atoms with Gasteiger partial charge in [0.25, 0.3) is 0 Å². The molecule has 0 atom stereocenters. The van der Waals surface area contributed by atoms with E-state index in [4.69, 9.17) is 0 Å². The van der Waals surface area contributed by atoms with Crippen molar-refractivity contribution in [2.75, 3.05) is 0 Å². The molecule has 3 heteroatoms. The van der Waals surface area contributed by atoms with Gasteiger partial charge in [-0.1, -0.05) is 30.9 Å². The third-order valence-corrected chi connectivity index (χ3v) is 0.843. The summed E-state index contributed by atoms with van der Waals surface area (Å²) in [5, 5.41) is 0. The molecule has 1 aliphatic carbocycles. The Balaban J connectivity index is -0.000000163. The molecular formula is C7H7Cl2In-2. The first-order valence-electron chi connectivity index (χ1n) is 2.26. The van der Waals surface area contributed by atoms with Crippen LogP contribution in [0.2, 0.25) is 0 Å². The van der Waals surface area contributed by atoms with Crippen molar-refractivity contribution in [1.29, 1.82) is 0 Å². The molecule has 0 spiro atoms. The number of rotatable bonds is 0. The molecule has 0 aromatic carbocycles. The molecule has 0 saturated carbocycles. The summed E-state index contributed by atoms with van der Waals surface area (Å²) in [5.74, 6) is 0. The van der Waals surface area contributed by atoms with Gasteiger partial charge in [0.05, 0.1) is 0 Å². The second-order valence-electron chi connectivity index (χ2n) is 1.49. The van der Waals surface area contributed by atoms with Gasteiger partial charge in [0.2, 0.25) is 0 Å². The Morgan fingerprint density at radius 3 is 1.80 bits per heavy atom. The van der Waals surface area contributed by atoms with E-state index < -0.39 is 0 Å². The van der Waals surface area contributed by atoms with Crippen molar-refractivity contribution in [3.63, 3.8) is 0 Å². The second-order valence-corrected chi connectivity index (χ2v) is 1.49. The zero-order chi connectivity index (χ0) is 5.11. The van der Waals surface area contributed by atoms with E-state index in [1.54, 1.807) is 0 Å². The summed E-state index contributed by atoms with van der Waals surface area (Å²) in [6.07, 6.45) is 9.87. The van der Waals surface area contributed by atoms with Gasteiger partial charge in [-0.05, 0) is 5.57 Å². The average molecular weight is 277 g/mol. The predicted octanol–water partition coefficient (Wildman–Crippen LogP) is -4.50. The van der Waals surface area contributed by atoms with E-state index in [0.29, 0.717) is 0 Å². The second kappa shape index (κ2) is 9.67. The van der Waals surface area contributed by atoms with Crippen LogP contribution in [-0.4, -0.2) is 25.8 Å². The van der Waals surface area contributed by atoms with E-state index in [1.807, 2.05) is 30.7 Å². The van der Waals surface area contributed by atoms with Crippen molar-refractivity contribution in [2.45, 2.75) is 0 Å². The first-order chi connectivity index (χ1) is 3.39. The minimum Gasteiger partial charge on any atom is -1.00 e. The van der Waals surface area contributed by atoms with Crippen LogP contribution in [0.25, 0.3) is 0 Å². The van der Waals surface area contributed by atoms with Crippen molar-refractivity contribution >= 4 is 25.8 Å². The molecule has 0 amide bonds. The monoisotopic (exact) mass is 276 g/mol. The Hall–Kier alpha value is 0.670. The van der Waals surface area contributed by atoms with Crippen LogP contribution in [0.3, 0.4) is 0 Å².